The third-order valence-corrected chi connectivity index (χ3v) is 2.47. The topological polar surface area (TPSA) is 59.2 Å². The van der Waals surface area contributed by atoms with Gasteiger partial charge in [0.05, 0.1) is 12.1 Å². The molecule has 0 bridgehead atoms. The number of alkyl halides is 3. The van der Waals surface area contributed by atoms with E-state index in [0.29, 0.717) is 12.0 Å². The quantitative estimate of drug-likeness (QED) is 0.863. The molecular formula is C14H16F3N3O. The van der Waals surface area contributed by atoms with Crippen LogP contribution in [0.25, 0.3) is 0 Å². The Kier molecular flexibility index (Phi) is 6.18. The molecule has 1 heterocycles. The number of hydrogen-bond donors (Lipinski definition) is 1. The van der Waals surface area contributed by atoms with E-state index in [2.05, 4.69) is 16.8 Å². The van der Waals surface area contributed by atoms with Gasteiger partial charge in [-0.25, -0.2) is 0 Å². The molecule has 0 unspecified atom stereocenters. The monoisotopic (exact) mass is 299 g/mol. The van der Waals surface area contributed by atoms with Crippen LogP contribution < -0.4 is 5.73 Å². The van der Waals surface area contributed by atoms with Crippen molar-refractivity contribution in [3.05, 3.63) is 29.6 Å². The summed E-state index contributed by atoms with van der Waals surface area (Å²) in [6.07, 6.45) is -1.35. The molecule has 0 radical (unpaired) electrons. The van der Waals surface area contributed by atoms with E-state index < -0.39 is 18.6 Å². The van der Waals surface area contributed by atoms with Gasteiger partial charge < -0.3 is 10.6 Å². The Labute approximate surface area is 121 Å². The summed E-state index contributed by atoms with van der Waals surface area (Å²) in [7, 11) is 0. The Morgan fingerprint density at radius 3 is 2.71 bits per heavy atom. The average molecular weight is 299 g/mol. The fourth-order valence-corrected chi connectivity index (χ4v) is 1.70. The van der Waals surface area contributed by atoms with E-state index in [9.17, 15) is 18.0 Å². The summed E-state index contributed by atoms with van der Waals surface area (Å²) in [4.78, 5) is 16.7. The van der Waals surface area contributed by atoms with E-state index in [1.54, 1.807) is 6.92 Å². The van der Waals surface area contributed by atoms with Crippen LogP contribution in [0.2, 0.25) is 0 Å². The number of amides is 1. The van der Waals surface area contributed by atoms with Crippen molar-refractivity contribution >= 4 is 5.91 Å². The lowest BCUT2D eigenvalue weighted by molar-refractivity contribution is -0.140. The second-order valence-electron chi connectivity index (χ2n) is 4.31. The summed E-state index contributed by atoms with van der Waals surface area (Å²) in [6.45, 7) is 0.599. The Hall–Kier alpha value is -2.07. The first kappa shape index (κ1) is 17.0. The molecule has 1 amide bonds. The molecule has 0 fully saturated rings. The predicted molar refractivity (Wildman–Crippen MR) is 72.4 cm³/mol. The molecule has 1 aromatic heterocycles. The molecular weight excluding hydrogens is 283 g/mol. The molecule has 0 aliphatic carbocycles. The molecule has 0 spiro atoms. The lowest BCUT2D eigenvalue weighted by atomic mass is 10.2. The predicted octanol–water partition coefficient (Wildman–Crippen LogP) is 1.81. The van der Waals surface area contributed by atoms with Gasteiger partial charge in [-0.2, -0.15) is 13.2 Å². The van der Waals surface area contributed by atoms with Crippen molar-refractivity contribution in [1.29, 1.82) is 0 Å². The summed E-state index contributed by atoms with van der Waals surface area (Å²) in [5, 5.41) is 0. The molecule has 7 heteroatoms. The first-order valence-electron chi connectivity index (χ1n) is 6.37. The van der Waals surface area contributed by atoms with Crippen LogP contribution in [0.3, 0.4) is 0 Å². The maximum absolute atomic E-state index is 12.5. The molecule has 0 saturated heterocycles. The first-order valence-corrected chi connectivity index (χ1v) is 6.37. The number of rotatable bonds is 4. The van der Waals surface area contributed by atoms with Crippen LogP contribution in [-0.2, 0) is 0 Å². The van der Waals surface area contributed by atoms with Crippen LogP contribution in [-0.4, -0.2) is 41.6 Å². The summed E-state index contributed by atoms with van der Waals surface area (Å²) in [5.74, 6) is 4.57. The van der Waals surface area contributed by atoms with Crippen molar-refractivity contribution < 1.29 is 18.0 Å². The lowest BCUT2D eigenvalue weighted by Crippen LogP contribution is -2.39. The first-order chi connectivity index (χ1) is 9.87. The summed E-state index contributed by atoms with van der Waals surface area (Å²) >= 11 is 0. The summed E-state index contributed by atoms with van der Waals surface area (Å²) < 4.78 is 37.5. The number of nitrogens with two attached hydrogens (primary N) is 1. The smallest absolute Gasteiger partial charge is 0.330 e. The van der Waals surface area contributed by atoms with Gasteiger partial charge in [-0.05, 0) is 12.5 Å². The second kappa shape index (κ2) is 7.64. The van der Waals surface area contributed by atoms with E-state index in [0.717, 1.165) is 4.90 Å². The van der Waals surface area contributed by atoms with E-state index in [-0.39, 0.29) is 18.7 Å². The minimum Gasteiger partial charge on any atom is -0.330 e. The minimum absolute atomic E-state index is 0.0249. The number of halogens is 3. The van der Waals surface area contributed by atoms with Gasteiger partial charge in [0.2, 0.25) is 0 Å². The molecule has 114 valence electrons. The van der Waals surface area contributed by atoms with Gasteiger partial charge in [0.15, 0.2) is 0 Å². The number of carbonyl (C=O) groups is 1. The van der Waals surface area contributed by atoms with Gasteiger partial charge >= 0.3 is 6.18 Å². The normalized spacial score (nSPS) is 10.7. The van der Waals surface area contributed by atoms with Crippen LogP contribution in [0.1, 0.15) is 29.3 Å². The van der Waals surface area contributed by atoms with Crippen LogP contribution in [0.4, 0.5) is 13.2 Å². The fourth-order valence-electron chi connectivity index (χ4n) is 1.70. The van der Waals surface area contributed by atoms with Crippen LogP contribution in [0, 0.1) is 11.8 Å². The SMILES string of the molecule is CCCN(CC(F)(F)F)C(=O)c1cncc(C#CCN)c1. The highest BCUT2D eigenvalue weighted by atomic mass is 19.4. The minimum atomic E-state index is -4.44. The van der Waals surface area contributed by atoms with Gasteiger partial charge in [0.25, 0.3) is 5.91 Å². The Bertz CT molecular complexity index is 546. The summed E-state index contributed by atoms with van der Waals surface area (Å²) in [6, 6.07) is 1.41. The number of carbonyl (C=O) groups excluding carboxylic acids is 1. The molecule has 0 atom stereocenters. The molecule has 0 saturated carbocycles. The zero-order valence-corrected chi connectivity index (χ0v) is 11.6. The van der Waals surface area contributed by atoms with Crippen molar-refractivity contribution in [1.82, 2.24) is 9.88 Å². The highest BCUT2D eigenvalue weighted by Gasteiger charge is 2.33. The lowest BCUT2D eigenvalue weighted by Gasteiger charge is -2.23. The van der Waals surface area contributed by atoms with Gasteiger partial charge in [0, 0.05) is 24.5 Å². The Morgan fingerprint density at radius 1 is 1.43 bits per heavy atom. The highest BCUT2D eigenvalue weighted by Crippen LogP contribution is 2.18. The molecule has 1 rings (SSSR count). The molecule has 4 nitrogen and oxygen atoms in total. The van der Waals surface area contributed by atoms with Crippen LogP contribution in [0.15, 0.2) is 18.5 Å². The van der Waals surface area contributed by atoms with Gasteiger partial charge in [-0.1, -0.05) is 18.8 Å². The highest BCUT2D eigenvalue weighted by molar-refractivity contribution is 5.94. The fraction of sp³-hybridized carbons (Fsp3) is 0.429. The maximum atomic E-state index is 12.5. The summed E-state index contributed by atoms with van der Waals surface area (Å²) in [5.41, 5.74) is 5.76. The zero-order valence-electron chi connectivity index (χ0n) is 11.6. The second-order valence-corrected chi connectivity index (χ2v) is 4.31. The van der Waals surface area contributed by atoms with Crippen molar-refractivity contribution in [3.63, 3.8) is 0 Å². The molecule has 0 aliphatic heterocycles. The van der Waals surface area contributed by atoms with Crippen molar-refractivity contribution in [2.45, 2.75) is 19.5 Å². The molecule has 2 N–H and O–H groups in total. The van der Waals surface area contributed by atoms with E-state index in [1.807, 2.05) is 0 Å². The molecule has 0 aromatic carbocycles. The number of pyridine rings is 1. The zero-order chi connectivity index (χ0) is 15.9. The maximum Gasteiger partial charge on any atom is 0.406 e. The number of aromatic nitrogens is 1. The van der Waals surface area contributed by atoms with Gasteiger partial charge in [-0.3, -0.25) is 9.78 Å². The standard InChI is InChI=1S/C14H16F3N3O/c1-2-6-20(10-14(15,16)17)13(21)12-7-11(4-3-5-18)8-19-9-12/h7-9H,2,5-6,10,18H2,1H3. The van der Waals surface area contributed by atoms with E-state index in [4.69, 9.17) is 5.73 Å². The third kappa shape index (κ3) is 5.83. The number of nitrogens with zero attached hydrogens (tertiary/aromatic N) is 2. The molecule has 1 aromatic rings. The van der Waals surface area contributed by atoms with Crippen LogP contribution in [0.5, 0.6) is 0 Å². The largest absolute Gasteiger partial charge is 0.406 e. The number of hydrogen-bond acceptors (Lipinski definition) is 3. The van der Waals surface area contributed by atoms with Crippen LogP contribution >= 0.6 is 0 Å². The Balaban J connectivity index is 2.98. The van der Waals surface area contributed by atoms with Crippen molar-refractivity contribution in [3.8, 4) is 11.8 Å². The molecule has 0 aliphatic rings. The van der Waals surface area contributed by atoms with Crippen molar-refractivity contribution in [2.75, 3.05) is 19.6 Å². The van der Waals surface area contributed by atoms with Crippen molar-refractivity contribution in [2.24, 2.45) is 5.73 Å². The van der Waals surface area contributed by atoms with Gasteiger partial charge in [-0.15, -0.1) is 0 Å². The third-order valence-electron chi connectivity index (χ3n) is 2.47. The van der Waals surface area contributed by atoms with E-state index in [1.165, 1.54) is 18.5 Å². The molecule has 21 heavy (non-hydrogen) atoms. The average Bonchev–Trinajstić information content (AvgIpc) is 2.43. The Morgan fingerprint density at radius 2 is 2.14 bits per heavy atom. The van der Waals surface area contributed by atoms with E-state index >= 15 is 0 Å². The van der Waals surface area contributed by atoms with Gasteiger partial charge in [0.1, 0.15) is 6.54 Å².